The minimum absolute atomic E-state index is 0.987. The van der Waals surface area contributed by atoms with Crippen LogP contribution in [0.3, 0.4) is 0 Å². The van der Waals surface area contributed by atoms with Gasteiger partial charge in [-0.15, -0.1) is 0 Å². The third-order valence-electron chi connectivity index (χ3n) is 4.51. The summed E-state index contributed by atoms with van der Waals surface area (Å²) in [5, 5.41) is 9.38. The number of H-pyrrole nitrogens is 1. The molecule has 5 aromatic rings. The Kier molecular flexibility index (Phi) is 3.07. The summed E-state index contributed by atoms with van der Waals surface area (Å²) in [5.74, 6) is 0. The molecule has 1 N–H and O–H groups in total. The van der Waals surface area contributed by atoms with Gasteiger partial charge >= 0.3 is 0 Å². The summed E-state index contributed by atoms with van der Waals surface area (Å²) >= 11 is 0. The molecule has 3 aromatic heterocycles. The van der Waals surface area contributed by atoms with Gasteiger partial charge in [-0.1, -0.05) is 18.2 Å². The molecular weight excluding hydrogens is 308 g/mol. The number of nitrogens with one attached hydrogen (secondary N) is 1. The first-order valence-corrected chi connectivity index (χ1v) is 8.11. The lowest BCUT2D eigenvalue weighted by Crippen LogP contribution is -1.86. The van der Waals surface area contributed by atoms with Crippen LogP contribution in [-0.2, 0) is 0 Å². The van der Waals surface area contributed by atoms with Gasteiger partial charge in [0.1, 0.15) is 0 Å². The molecule has 0 atom stereocenters. The number of fused-ring (bicyclic) bond motifs is 2. The highest BCUT2D eigenvalue weighted by molar-refractivity contribution is 5.97. The molecule has 0 aliphatic heterocycles. The molecule has 0 aliphatic rings. The molecule has 4 heteroatoms. The van der Waals surface area contributed by atoms with Crippen LogP contribution in [0, 0.1) is 0 Å². The molecule has 0 unspecified atom stereocenters. The molecule has 0 bridgehead atoms. The minimum atomic E-state index is 0.987. The van der Waals surface area contributed by atoms with Gasteiger partial charge in [0.05, 0.1) is 17.2 Å². The maximum absolute atomic E-state index is 4.51. The molecule has 3 heterocycles. The van der Waals surface area contributed by atoms with Gasteiger partial charge in [-0.05, 0) is 58.7 Å². The van der Waals surface area contributed by atoms with Crippen molar-refractivity contribution >= 4 is 21.8 Å². The largest absolute Gasteiger partial charge is 0.278 e. The monoisotopic (exact) mass is 322 g/mol. The first kappa shape index (κ1) is 13.9. The van der Waals surface area contributed by atoms with E-state index in [0.717, 1.165) is 44.1 Å². The molecule has 4 nitrogen and oxygen atoms in total. The van der Waals surface area contributed by atoms with Gasteiger partial charge in [0, 0.05) is 29.4 Å². The van der Waals surface area contributed by atoms with Gasteiger partial charge < -0.3 is 0 Å². The molecular formula is C21H14N4. The van der Waals surface area contributed by atoms with E-state index >= 15 is 0 Å². The SMILES string of the molecule is c1cc(-c2ccnc3ccc(-c4ccc5cn[nH]c5c4)cc23)ccn1. The Balaban J connectivity index is 1.72. The van der Waals surface area contributed by atoms with Crippen LogP contribution in [0.1, 0.15) is 0 Å². The second-order valence-corrected chi connectivity index (χ2v) is 6.00. The number of pyridine rings is 2. The van der Waals surface area contributed by atoms with Crippen LogP contribution in [0.5, 0.6) is 0 Å². The van der Waals surface area contributed by atoms with Crippen LogP contribution in [0.15, 0.2) is 79.4 Å². The lowest BCUT2D eigenvalue weighted by atomic mass is 9.97. The van der Waals surface area contributed by atoms with E-state index in [1.807, 2.05) is 36.9 Å². The first-order chi connectivity index (χ1) is 12.4. The topological polar surface area (TPSA) is 54.5 Å². The van der Waals surface area contributed by atoms with Crippen molar-refractivity contribution in [1.82, 2.24) is 20.2 Å². The average molecular weight is 322 g/mol. The second kappa shape index (κ2) is 5.53. The Morgan fingerprint density at radius 2 is 1.56 bits per heavy atom. The Labute approximate surface area is 144 Å². The first-order valence-electron chi connectivity index (χ1n) is 8.11. The highest BCUT2D eigenvalue weighted by Crippen LogP contribution is 2.31. The van der Waals surface area contributed by atoms with E-state index < -0.39 is 0 Å². The summed E-state index contributed by atoms with van der Waals surface area (Å²) < 4.78 is 0. The van der Waals surface area contributed by atoms with Gasteiger partial charge in [0.15, 0.2) is 0 Å². The zero-order valence-electron chi connectivity index (χ0n) is 13.3. The molecule has 118 valence electrons. The number of hydrogen-bond acceptors (Lipinski definition) is 3. The van der Waals surface area contributed by atoms with E-state index in [2.05, 4.69) is 62.6 Å². The van der Waals surface area contributed by atoms with Crippen molar-refractivity contribution < 1.29 is 0 Å². The fourth-order valence-electron chi connectivity index (χ4n) is 3.23. The average Bonchev–Trinajstić information content (AvgIpc) is 3.15. The minimum Gasteiger partial charge on any atom is -0.278 e. The fourth-order valence-corrected chi connectivity index (χ4v) is 3.23. The third-order valence-corrected chi connectivity index (χ3v) is 4.51. The number of rotatable bonds is 2. The van der Waals surface area contributed by atoms with Crippen LogP contribution in [0.2, 0.25) is 0 Å². The summed E-state index contributed by atoms with van der Waals surface area (Å²) in [6.45, 7) is 0. The molecule has 0 saturated heterocycles. The number of benzene rings is 2. The Hall–Kier alpha value is -3.53. The molecule has 0 spiro atoms. The van der Waals surface area contributed by atoms with Crippen LogP contribution in [0.4, 0.5) is 0 Å². The van der Waals surface area contributed by atoms with Crippen molar-refractivity contribution in [3.63, 3.8) is 0 Å². The van der Waals surface area contributed by atoms with E-state index in [9.17, 15) is 0 Å². The van der Waals surface area contributed by atoms with Gasteiger partial charge in [0.2, 0.25) is 0 Å². The Morgan fingerprint density at radius 3 is 2.48 bits per heavy atom. The van der Waals surface area contributed by atoms with Crippen LogP contribution >= 0.6 is 0 Å². The lowest BCUT2D eigenvalue weighted by molar-refractivity contribution is 1.12. The number of nitrogens with zero attached hydrogens (tertiary/aromatic N) is 3. The van der Waals surface area contributed by atoms with Gasteiger partial charge in [-0.2, -0.15) is 5.10 Å². The summed E-state index contributed by atoms with van der Waals surface area (Å²) in [6.07, 6.45) is 7.33. The van der Waals surface area contributed by atoms with Crippen molar-refractivity contribution in [2.45, 2.75) is 0 Å². The summed E-state index contributed by atoms with van der Waals surface area (Å²) in [5.41, 5.74) is 6.65. The van der Waals surface area contributed by atoms with Crippen LogP contribution in [0.25, 0.3) is 44.1 Å². The number of aromatic nitrogens is 4. The molecule has 0 saturated carbocycles. The molecule has 0 aliphatic carbocycles. The summed E-state index contributed by atoms with van der Waals surface area (Å²) in [4.78, 5) is 8.63. The molecule has 25 heavy (non-hydrogen) atoms. The highest BCUT2D eigenvalue weighted by Gasteiger charge is 2.07. The van der Waals surface area contributed by atoms with Crippen molar-refractivity contribution in [3.8, 4) is 22.3 Å². The molecule has 0 fully saturated rings. The van der Waals surface area contributed by atoms with Crippen LogP contribution < -0.4 is 0 Å². The van der Waals surface area contributed by atoms with Gasteiger partial charge in [0.25, 0.3) is 0 Å². The fraction of sp³-hybridized carbons (Fsp3) is 0. The lowest BCUT2D eigenvalue weighted by Gasteiger charge is -2.09. The van der Waals surface area contributed by atoms with E-state index in [1.54, 1.807) is 0 Å². The summed E-state index contributed by atoms with van der Waals surface area (Å²) in [7, 11) is 0. The highest BCUT2D eigenvalue weighted by atomic mass is 15.1. The van der Waals surface area contributed by atoms with E-state index in [1.165, 1.54) is 0 Å². The third kappa shape index (κ3) is 2.35. The zero-order valence-corrected chi connectivity index (χ0v) is 13.3. The van der Waals surface area contributed by atoms with Crippen LogP contribution in [-0.4, -0.2) is 20.2 Å². The number of aromatic amines is 1. The molecule has 2 aromatic carbocycles. The Morgan fingerprint density at radius 1 is 0.720 bits per heavy atom. The molecule has 5 rings (SSSR count). The second-order valence-electron chi connectivity index (χ2n) is 6.00. The van der Waals surface area contributed by atoms with Gasteiger partial charge in [-0.3, -0.25) is 15.1 Å². The smallest absolute Gasteiger partial charge is 0.0708 e. The molecule has 0 radical (unpaired) electrons. The number of hydrogen-bond donors (Lipinski definition) is 1. The van der Waals surface area contributed by atoms with Crippen molar-refractivity contribution in [2.24, 2.45) is 0 Å². The predicted octanol–water partition coefficient (Wildman–Crippen LogP) is 4.84. The predicted molar refractivity (Wildman–Crippen MR) is 100 cm³/mol. The molecule has 0 amide bonds. The van der Waals surface area contributed by atoms with E-state index in [4.69, 9.17) is 0 Å². The van der Waals surface area contributed by atoms with Crippen molar-refractivity contribution in [3.05, 3.63) is 79.4 Å². The quantitative estimate of drug-likeness (QED) is 0.506. The van der Waals surface area contributed by atoms with Gasteiger partial charge in [-0.25, -0.2) is 0 Å². The van der Waals surface area contributed by atoms with E-state index in [-0.39, 0.29) is 0 Å². The van der Waals surface area contributed by atoms with Crippen molar-refractivity contribution in [2.75, 3.05) is 0 Å². The Bertz CT molecular complexity index is 1190. The van der Waals surface area contributed by atoms with Crippen molar-refractivity contribution in [1.29, 1.82) is 0 Å². The standard InChI is InChI=1S/C21H14N4/c1-2-17-13-24-25-21(17)12-16(1)15-3-4-20-19(11-15)18(7-10-23-20)14-5-8-22-9-6-14/h1-13H,(H,24,25). The van der Waals surface area contributed by atoms with E-state index in [0.29, 0.717) is 0 Å². The normalized spacial score (nSPS) is 11.2. The zero-order chi connectivity index (χ0) is 16.6. The maximum Gasteiger partial charge on any atom is 0.0708 e. The summed E-state index contributed by atoms with van der Waals surface area (Å²) in [6, 6.07) is 18.8. The maximum atomic E-state index is 4.51.